The van der Waals surface area contributed by atoms with Crippen molar-refractivity contribution in [3.05, 3.63) is 16.1 Å². The predicted molar refractivity (Wildman–Crippen MR) is 95.6 cm³/mol. The number of rotatable bonds is 7. The summed E-state index contributed by atoms with van der Waals surface area (Å²) in [4.78, 5) is 8.92. The summed E-state index contributed by atoms with van der Waals surface area (Å²) in [5, 5.41) is 10.0. The zero-order valence-electron chi connectivity index (χ0n) is 14.2. The molecule has 22 heavy (non-hydrogen) atoms. The van der Waals surface area contributed by atoms with Gasteiger partial charge in [0.15, 0.2) is 5.96 Å². The van der Waals surface area contributed by atoms with Gasteiger partial charge in [-0.1, -0.05) is 39.5 Å². The highest BCUT2D eigenvalue weighted by atomic mass is 32.1. The van der Waals surface area contributed by atoms with E-state index in [-0.39, 0.29) is 0 Å². The fraction of sp³-hybridized carbons (Fsp3) is 0.765. The van der Waals surface area contributed by atoms with Gasteiger partial charge in [-0.2, -0.15) is 0 Å². The zero-order valence-corrected chi connectivity index (χ0v) is 15.0. The van der Waals surface area contributed by atoms with Gasteiger partial charge in [-0.05, 0) is 24.7 Å². The summed E-state index contributed by atoms with van der Waals surface area (Å²) in [5.41, 5.74) is 1.18. The number of guanidine groups is 1. The van der Waals surface area contributed by atoms with E-state index in [1.54, 1.807) is 11.3 Å². The molecule has 0 spiro atoms. The summed E-state index contributed by atoms with van der Waals surface area (Å²) in [6, 6.07) is 0. The second-order valence-electron chi connectivity index (χ2n) is 6.47. The van der Waals surface area contributed by atoms with E-state index in [4.69, 9.17) is 0 Å². The third-order valence-electron chi connectivity index (χ3n) is 4.35. The summed E-state index contributed by atoms with van der Waals surface area (Å²) in [6.07, 6.45) is 8.35. The van der Waals surface area contributed by atoms with Crippen LogP contribution in [0.4, 0.5) is 0 Å². The van der Waals surface area contributed by atoms with E-state index in [9.17, 15) is 0 Å². The van der Waals surface area contributed by atoms with Gasteiger partial charge in [0.05, 0.1) is 12.2 Å². The standard InChI is InChI=1S/C17H30N4S/c1-13(2)15-12-22-16(21-15)11-20-17(18-3)19-10-6-9-14-7-4-5-8-14/h12-14H,4-11H2,1-3H3,(H2,18,19,20). The molecule has 0 radical (unpaired) electrons. The van der Waals surface area contributed by atoms with Gasteiger partial charge in [-0.25, -0.2) is 4.98 Å². The topological polar surface area (TPSA) is 49.3 Å². The van der Waals surface area contributed by atoms with Crippen molar-refractivity contribution < 1.29 is 0 Å². The highest BCUT2D eigenvalue weighted by Gasteiger charge is 2.14. The summed E-state index contributed by atoms with van der Waals surface area (Å²) >= 11 is 1.72. The maximum Gasteiger partial charge on any atom is 0.191 e. The van der Waals surface area contributed by atoms with Crippen LogP contribution in [0, 0.1) is 5.92 Å². The van der Waals surface area contributed by atoms with E-state index >= 15 is 0 Å². The average Bonchev–Trinajstić information content (AvgIpc) is 3.18. The second kappa shape index (κ2) is 9.13. The Bertz CT molecular complexity index is 461. The van der Waals surface area contributed by atoms with Crippen molar-refractivity contribution >= 4 is 17.3 Å². The van der Waals surface area contributed by atoms with E-state index < -0.39 is 0 Å². The van der Waals surface area contributed by atoms with E-state index in [0.29, 0.717) is 5.92 Å². The molecule has 0 bridgehead atoms. The van der Waals surface area contributed by atoms with Gasteiger partial charge in [0, 0.05) is 19.0 Å². The van der Waals surface area contributed by atoms with Crippen LogP contribution in [0.1, 0.15) is 69.0 Å². The molecule has 2 N–H and O–H groups in total. The number of nitrogens with zero attached hydrogens (tertiary/aromatic N) is 2. The summed E-state index contributed by atoms with van der Waals surface area (Å²) in [6.45, 7) is 6.11. The smallest absolute Gasteiger partial charge is 0.191 e. The van der Waals surface area contributed by atoms with E-state index in [2.05, 4.69) is 39.8 Å². The monoisotopic (exact) mass is 322 g/mol. The maximum absolute atomic E-state index is 4.64. The molecule has 1 fully saturated rings. The van der Waals surface area contributed by atoms with Crippen LogP contribution >= 0.6 is 11.3 Å². The molecule has 1 saturated carbocycles. The molecular formula is C17H30N4S. The van der Waals surface area contributed by atoms with Gasteiger partial charge in [-0.15, -0.1) is 11.3 Å². The quantitative estimate of drug-likeness (QED) is 0.455. The van der Waals surface area contributed by atoms with Gasteiger partial charge in [0.25, 0.3) is 0 Å². The summed E-state index contributed by atoms with van der Waals surface area (Å²) in [7, 11) is 1.83. The van der Waals surface area contributed by atoms with Crippen LogP contribution in [0.5, 0.6) is 0 Å². The molecule has 124 valence electrons. The number of hydrogen-bond donors (Lipinski definition) is 2. The third kappa shape index (κ3) is 5.59. The molecule has 0 saturated heterocycles. The van der Waals surface area contributed by atoms with Crippen molar-refractivity contribution in [3.63, 3.8) is 0 Å². The molecule has 0 aliphatic heterocycles. The number of hydrogen-bond acceptors (Lipinski definition) is 3. The highest BCUT2D eigenvalue weighted by molar-refractivity contribution is 7.09. The number of aromatic nitrogens is 1. The Morgan fingerprint density at radius 2 is 2.14 bits per heavy atom. The molecule has 1 aliphatic rings. The van der Waals surface area contributed by atoms with Gasteiger partial charge >= 0.3 is 0 Å². The number of nitrogens with one attached hydrogen (secondary N) is 2. The molecule has 1 aliphatic carbocycles. The molecule has 5 heteroatoms. The fourth-order valence-electron chi connectivity index (χ4n) is 2.95. The SMILES string of the molecule is CN=C(NCCCC1CCCC1)NCc1nc(C(C)C)cs1. The lowest BCUT2D eigenvalue weighted by Crippen LogP contribution is -2.37. The molecule has 1 aromatic heterocycles. The molecule has 0 amide bonds. The molecule has 1 heterocycles. The summed E-state index contributed by atoms with van der Waals surface area (Å²) < 4.78 is 0. The predicted octanol–water partition coefficient (Wildman–Crippen LogP) is 3.90. The Hall–Kier alpha value is -1.10. The third-order valence-corrected chi connectivity index (χ3v) is 5.22. The molecule has 1 aromatic rings. The molecule has 2 rings (SSSR count). The molecule has 4 nitrogen and oxygen atoms in total. The lowest BCUT2D eigenvalue weighted by atomic mass is 10.0. The van der Waals surface area contributed by atoms with E-state index in [1.807, 2.05) is 7.05 Å². The van der Waals surface area contributed by atoms with Gasteiger partial charge in [0.2, 0.25) is 0 Å². The molecule has 0 aromatic carbocycles. The van der Waals surface area contributed by atoms with Gasteiger partial charge < -0.3 is 10.6 Å². The van der Waals surface area contributed by atoms with Crippen LogP contribution in [0.2, 0.25) is 0 Å². The van der Waals surface area contributed by atoms with E-state index in [1.165, 1.54) is 44.2 Å². The Morgan fingerprint density at radius 3 is 2.77 bits per heavy atom. The first kappa shape index (κ1) is 17.3. The van der Waals surface area contributed by atoms with Crippen LogP contribution < -0.4 is 10.6 Å². The number of aliphatic imine (C=N–C) groups is 1. The van der Waals surface area contributed by atoms with Crippen molar-refractivity contribution in [2.75, 3.05) is 13.6 Å². The highest BCUT2D eigenvalue weighted by Crippen LogP contribution is 2.28. The van der Waals surface area contributed by atoms with Crippen LogP contribution in [0.25, 0.3) is 0 Å². The minimum atomic E-state index is 0.498. The van der Waals surface area contributed by atoms with Crippen LogP contribution in [0.3, 0.4) is 0 Å². The summed E-state index contributed by atoms with van der Waals surface area (Å²) in [5.74, 6) is 2.35. The minimum absolute atomic E-state index is 0.498. The molecular weight excluding hydrogens is 292 g/mol. The lowest BCUT2D eigenvalue weighted by molar-refractivity contribution is 0.481. The maximum atomic E-state index is 4.64. The van der Waals surface area contributed by atoms with E-state index in [0.717, 1.165) is 30.0 Å². The van der Waals surface area contributed by atoms with Crippen LogP contribution in [-0.2, 0) is 6.54 Å². The van der Waals surface area contributed by atoms with Crippen molar-refractivity contribution in [1.82, 2.24) is 15.6 Å². The minimum Gasteiger partial charge on any atom is -0.356 e. The lowest BCUT2D eigenvalue weighted by Gasteiger charge is -2.12. The zero-order chi connectivity index (χ0) is 15.8. The second-order valence-corrected chi connectivity index (χ2v) is 7.41. The number of thiazole rings is 1. The van der Waals surface area contributed by atoms with Gasteiger partial charge in [0.1, 0.15) is 5.01 Å². The molecule has 0 atom stereocenters. The first-order valence-corrected chi connectivity index (χ1v) is 9.45. The Balaban J connectivity index is 1.63. The van der Waals surface area contributed by atoms with Crippen molar-refractivity contribution in [3.8, 4) is 0 Å². The van der Waals surface area contributed by atoms with Crippen molar-refractivity contribution in [2.24, 2.45) is 10.9 Å². The first-order valence-electron chi connectivity index (χ1n) is 8.58. The largest absolute Gasteiger partial charge is 0.356 e. The first-order chi connectivity index (χ1) is 10.7. The Labute approximate surface area is 138 Å². The Kier molecular flexibility index (Phi) is 7.16. The van der Waals surface area contributed by atoms with Crippen LogP contribution in [-0.4, -0.2) is 24.5 Å². The van der Waals surface area contributed by atoms with Crippen LogP contribution in [0.15, 0.2) is 10.4 Å². The normalized spacial score (nSPS) is 16.5. The van der Waals surface area contributed by atoms with Crippen molar-refractivity contribution in [1.29, 1.82) is 0 Å². The fourth-order valence-corrected chi connectivity index (χ4v) is 3.84. The Morgan fingerprint density at radius 1 is 1.36 bits per heavy atom. The molecule has 0 unspecified atom stereocenters. The van der Waals surface area contributed by atoms with Crippen molar-refractivity contribution in [2.45, 2.75) is 64.8 Å². The average molecular weight is 323 g/mol. The van der Waals surface area contributed by atoms with Gasteiger partial charge in [-0.3, -0.25) is 4.99 Å².